The summed E-state index contributed by atoms with van der Waals surface area (Å²) in [4.78, 5) is 4.24. The van der Waals surface area contributed by atoms with Crippen molar-refractivity contribution < 1.29 is 4.74 Å². The normalized spacial score (nSPS) is 16.5. The van der Waals surface area contributed by atoms with Crippen molar-refractivity contribution >= 4 is 29.9 Å². The van der Waals surface area contributed by atoms with E-state index in [1.54, 1.807) is 7.05 Å². The second-order valence-electron chi connectivity index (χ2n) is 5.83. The lowest BCUT2D eigenvalue weighted by Crippen LogP contribution is -2.40. The number of nitrogens with one attached hydrogen (secondary N) is 2. The summed E-state index contributed by atoms with van der Waals surface area (Å²) >= 11 is 0. The maximum atomic E-state index is 5.97. The minimum Gasteiger partial charge on any atom is -0.376 e. The van der Waals surface area contributed by atoms with E-state index in [1.165, 1.54) is 38.5 Å². The molecule has 0 atom stereocenters. The van der Waals surface area contributed by atoms with E-state index >= 15 is 0 Å². The largest absolute Gasteiger partial charge is 0.376 e. The van der Waals surface area contributed by atoms with Crippen LogP contribution in [0.1, 0.15) is 38.5 Å². The number of guanidine groups is 1. The highest BCUT2D eigenvalue weighted by Crippen LogP contribution is 2.19. The molecule has 0 saturated heterocycles. The third-order valence-corrected chi connectivity index (χ3v) is 4.10. The minimum atomic E-state index is 0. The van der Waals surface area contributed by atoms with Crippen LogP contribution in [0.3, 0.4) is 0 Å². The van der Waals surface area contributed by atoms with Gasteiger partial charge >= 0.3 is 0 Å². The van der Waals surface area contributed by atoms with E-state index in [9.17, 15) is 0 Å². The van der Waals surface area contributed by atoms with Crippen LogP contribution in [0.2, 0.25) is 0 Å². The summed E-state index contributed by atoms with van der Waals surface area (Å²) in [7, 11) is 1.80. The van der Waals surface area contributed by atoms with Gasteiger partial charge in [0, 0.05) is 39.1 Å². The maximum absolute atomic E-state index is 5.97. The van der Waals surface area contributed by atoms with Crippen LogP contribution in [0.5, 0.6) is 0 Å². The SMILES string of the molecule is CN=C(NCCOC1CCCCCC1)NCCn1cccc1.I. The van der Waals surface area contributed by atoms with Gasteiger partial charge in [-0.25, -0.2) is 0 Å². The van der Waals surface area contributed by atoms with E-state index in [2.05, 4.69) is 32.6 Å². The lowest BCUT2D eigenvalue weighted by molar-refractivity contribution is 0.0468. The Morgan fingerprint density at radius 2 is 1.74 bits per heavy atom. The van der Waals surface area contributed by atoms with Gasteiger partial charge in [-0.05, 0) is 25.0 Å². The molecule has 2 N–H and O–H groups in total. The molecule has 0 spiro atoms. The van der Waals surface area contributed by atoms with Gasteiger partial charge < -0.3 is 19.9 Å². The first-order valence-electron chi connectivity index (χ1n) is 8.55. The minimum absolute atomic E-state index is 0. The van der Waals surface area contributed by atoms with Crippen LogP contribution >= 0.6 is 24.0 Å². The lowest BCUT2D eigenvalue weighted by Gasteiger charge is -2.17. The molecule has 1 aliphatic carbocycles. The molecule has 1 aromatic heterocycles. The van der Waals surface area contributed by atoms with E-state index in [1.807, 2.05) is 12.1 Å². The number of aliphatic imine (C=N–C) groups is 1. The molecule has 1 aromatic rings. The Labute approximate surface area is 157 Å². The molecule has 23 heavy (non-hydrogen) atoms. The summed E-state index contributed by atoms with van der Waals surface area (Å²) in [6.45, 7) is 3.35. The summed E-state index contributed by atoms with van der Waals surface area (Å²) in [6.07, 6.45) is 12.4. The number of halogens is 1. The average molecular weight is 434 g/mol. The van der Waals surface area contributed by atoms with E-state index in [4.69, 9.17) is 4.74 Å². The zero-order chi connectivity index (χ0) is 15.5. The van der Waals surface area contributed by atoms with Crippen LogP contribution < -0.4 is 10.6 Å². The first-order valence-corrected chi connectivity index (χ1v) is 8.55. The van der Waals surface area contributed by atoms with Crippen molar-refractivity contribution in [3.63, 3.8) is 0 Å². The fraction of sp³-hybridized carbons (Fsp3) is 0.706. The summed E-state index contributed by atoms with van der Waals surface area (Å²) < 4.78 is 8.12. The van der Waals surface area contributed by atoms with Crippen molar-refractivity contribution in [2.24, 2.45) is 4.99 Å². The monoisotopic (exact) mass is 434 g/mol. The average Bonchev–Trinajstić information content (AvgIpc) is 2.92. The lowest BCUT2D eigenvalue weighted by atomic mass is 10.1. The molecule has 1 saturated carbocycles. The zero-order valence-corrected chi connectivity index (χ0v) is 16.5. The standard InChI is InChI=1S/C17H30N4O.HI/c1-18-17(19-10-14-21-12-6-7-13-21)20-11-15-22-16-8-4-2-3-5-9-16;/h6-7,12-13,16H,2-5,8-11,14-15H2,1H3,(H2,18,19,20);1H. The molecule has 6 heteroatoms. The molecule has 132 valence electrons. The predicted octanol–water partition coefficient (Wildman–Crippen LogP) is 3.01. The molecule has 1 fully saturated rings. The number of hydrogen-bond donors (Lipinski definition) is 2. The summed E-state index contributed by atoms with van der Waals surface area (Å²) in [5, 5.41) is 6.63. The van der Waals surface area contributed by atoms with Gasteiger partial charge in [0.15, 0.2) is 5.96 Å². The van der Waals surface area contributed by atoms with Crippen molar-refractivity contribution in [3.05, 3.63) is 24.5 Å². The van der Waals surface area contributed by atoms with Crippen molar-refractivity contribution in [1.29, 1.82) is 0 Å². The number of ether oxygens (including phenoxy) is 1. The van der Waals surface area contributed by atoms with Crippen LogP contribution in [0.25, 0.3) is 0 Å². The summed E-state index contributed by atoms with van der Waals surface area (Å²) in [5.74, 6) is 0.844. The van der Waals surface area contributed by atoms with Crippen molar-refractivity contribution in [3.8, 4) is 0 Å². The summed E-state index contributed by atoms with van der Waals surface area (Å²) in [5.41, 5.74) is 0. The van der Waals surface area contributed by atoms with Crippen LogP contribution in [0, 0.1) is 0 Å². The Balaban J connectivity index is 0.00000264. The smallest absolute Gasteiger partial charge is 0.191 e. The third-order valence-electron chi connectivity index (χ3n) is 4.10. The highest BCUT2D eigenvalue weighted by molar-refractivity contribution is 14.0. The molecule has 2 rings (SSSR count). The van der Waals surface area contributed by atoms with Crippen LogP contribution in [0.15, 0.2) is 29.5 Å². The van der Waals surface area contributed by atoms with E-state index in [0.29, 0.717) is 6.10 Å². The van der Waals surface area contributed by atoms with Crippen molar-refractivity contribution in [2.75, 3.05) is 26.7 Å². The maximum Gasteiger partial charge on any atom is 0.191 e. The molecule has 1 aliphatic rings. The highest BCUT2D eigenvalue weighted by atomic mass is 127. The van der Waals surface area contributed by atoms with Gasteiger partial charge in [-0.2, -0.15) is 0 Å². The van der Waals surface area contributed by atoms with Gasteiger partial charge in [0.25, 0.3) is 0 Å². The van der Waals surface area contributed by atoms with Crippen molar-refractivity contribution in [1.82, 2.24) is 15.2 Å². The number of nitrogens with zero attached hydrogens (tertiary/aromatic N) is 2. The first kappa shape index (κ1) is 20.3. The van der Waals surface area contributed by atoms with E-state index in [0.717, 1.165) is 32.2 Å². The Hall–Kier alpha value is -0.760. The second-order valence-corrected chi connectivity index (χ2v) is 5.83. The van der Waals surface area contributed by atoms with Gasteiger partial charge in [0.1, 0.15) is 0 Å². The molecule has 0 aromatic carbocycles. The highest BCUT2D eigenvalue weighted by Gasteiger charge is 2.11. The molecular weight excluding hydrogens is 403 g/mol. The fourth-order valence-electron chi connectivity index (χ4n) is 2.85. The predicted molar refractivity (Wildman–Crippen MR) is 107 cm³/mol. The Bertz CT molecular complexity index is 414. The van der Waals surface area contributed by atoms with Gasteiger partial charge in [0.2, 0.25) is 0 Å². The van der Waals surface area contributed by atoms with E-state index in [-0.39, 0.29) is 24.0 Å². The van der Waals surface area contributed by atoms with Crippen LogP contribution in [-0.2, 0) is 11.3 Å². The molecule has 0 amide bonds. The molecule has 1 heterocycles. The van der Waals surface area contributed by atoms with Crippen LogP contribution in [-0.4, -0.2) is 43.4 Å². The Kier molecular flexibility index (Phi) is 11.1. The number of rotatable bonds is 7. The topological polar surface area (TPSA) is 50.6 Å². The summed E-state index contributed by atoms with van der Waals surface area (Å²) in [6, 6.07) is 4.08. The second kappa shape index (κ2) is 12.6. The molecular formula is C17H31IN4O. The fourth-order valence-corrected chi connectivity index (χ4v) is 2.85. The van der Waals surface area contributed by atoms with Gasteiger partial charge in [-0.1, -0.05) is 25.7 Å². The zero-order valence-electron chi connectivity index (χ0n) is 14.2. The molecule has 0 unspecified atom stereocenters. The van der Waals surface area contributed by atoms with Gasteiger partial charge in [-0.3, -0.25) is 4.99 Å². The van der Waals surface area contributed by atoms with Gasteiger partial charge in [-0.15, -0.1) is 24.0 Å². The molecule has 5 nitrogen and oxygen atoms in total. The quantitative estimate of drug-likeness (QED) is 0.228. The molecule has 0 radical (unpaired) electrons. The third kappa shape index (κ3) is 8.60. The molecule has 0 aliphatic heterocycles. The number of aromatic nitrogens is 1. The Morgan fingerprint density at radius 3 is 2.39 bits per heavy atom. The van der Waals surface area contributed by atoms with E-state index < -0.39 is 0 Å². The van der Waals surface area contributed by atoms with Gasteiger partial charge in [0.05, 0.1) is 12.7 Å². The Morgan fingerprint density at radius 1 is 1.09 bits per heavy atom. The molecule has 0 bridgehead atoms. The number of hydrogen-bond acceptors (Lipinski definition) is 2. The first-order chi connectivity index (χ1) is 10.9. The van der Waals surface area contributed by atoms with Crippen LogP contribution in [0.4, 0.5) is 0 Å². The van der Waals surface area contributed by atoms with Crippen molar-refractivity contribution in [2.45, 2.75) is 51.2 Å².